The van der Waals surface area contributed by atoms with Gasteiger partial charge in [0.25, 0.3) is 0 Å². The number of methoxy groups -OCH3 is 1. The number of nitrogens with zero attached hydrogens (tertiary/aromatic N) is 1. The number of hydrogen-bond acceptors (Lipinski definition) is 2. The average molecular weight is 412 g/mol. The van der Waals surface area contributed by atoms with Gasteiger partial charge in [-0.3, -0.25) is 4.79 Å². The van der Waals surface area contributed by atoms with Gasteiger partial charge in [0.2, 0.25) is 0 Å². The summed E-state index contributed by atoms with van der Waals surface area (Å²) in [5, 5.41) is 1.26. The molecule has 3 nitrogen and oxygen atoms in total. The van der Waals surface area contributed by atoms with Crippen LogP contribution in [-0.2, 0) is 28.8 Å². The summed E-state index contributed by atoms with van der Waals surface area (Å²) in [6.45, 7) is 4.30. The third kappa shape index (κ3) is 4.72. The fourth-order valence-electron chi connectivity index (χ4n) is 4.06. The lowest BCUT2D eigenvalue weighted by atomic mass is 10.0. The molecule has 31 heavy (non-hydrogen) atoms. The summed E-state index contributed by atoms with van der Waals surface area (Å²) in [6.07, 6.45) is 5.34. The minimum atomic E-state index is -0.169. The highest BCUT2D eigenvalue weighted by Crippen LogP contribution is 2.28. The fourth-order valence-corrected chi connectivity index (χ4v) is 4.06. The van der Waals surface area contributed by atoms with Gasteiger partial charge in [-0.15, -0.1) is 0 Å². The molecule has 0 aliphatic carbocycles. The van der Waals surface area contributed by atoms with Crippen molar-refractivity contribution in [3.8, 4) is 5.69 Å². The van der Waals surface area contributed by atoms with E-state index in [9.17, 15) is 4.79 Å². The van der Waals surface area contributed by atoms with Gasteiger partial charge in [0.05, 0.1) is 12.6 Å². The first-order valence-electron chi connectivity index (χ1n) is 10.9. The Morgan fingerprint density at radius 2 is 1.65 bits per heavy atom. The summed E-state index contributed by atoms with van der Waals surface area (Å²) in [5.41, 5.74) is 8.81. The molecule has 1 aromatic heterocycles. The quantitative estimate of drug-likeness (QED) is 0.342. The van der Waals surface area contributed by atoms with Crippen LogP contribution < -0.4 is 0 Å². The molecule has 4 rings (SSSR count). The predicted octanol–water partition coefficient (Wildman–Crippen LogP) is 6.14. The van der Waals surface area contributed by atoms with Crippen LogP contribution in [0, 0.1) is 13.8 Å². The molecular weight excluding hydrogens is 382 g/mol. The molecule has 0 unspecified atom stereocenters. The van der Waals surface area contributed by atoms with E-state index in [1.54, 1.807) is 0 Å². The molecule has 0 aliphatic rings. The number of ether oxygens (including phenoxy) is 1. The smallest absolute Gasteiger partial charge is 0.305 e. The monoisotopic (exact) mass is 411 g/mol. The maximum Gasteiger partial charge on any atom is 0.305 e. The molecule has 0 bridgehead atoms. The molecule has 0 fully saturated rings. The Morgan fingerprint density at radius 3 is 2.39 bits per heavy atom. The molecule has 1 heterocycles. The second-order valence-electron chi connectivity index (χ2n) is 8.21. The number of carbonyl (C=O) groups excluding carboxylic acids is 1. The molecular formula is C28H29NO2. The number of aromatic nitrogens is 1. The van der Waals surface area contributed by atoms with E-state index in [1.807, 2.05) is 0 Å². The minimum Gasteiger partial charge on any atom is -0.469 e. The first-order valence-corrected chi connectivity index (χ1v) is 10.9. The Labute approximate surface area is 184 Å². The molecule has 4 aromatic rings. The van der Waals surface area contributed by atoms with Crippen molar-refractivity contribution in [2.75, 3.05) is 7.11 Å². The predicted molar refractivity (Wildman–Crippen MR) is 127 cm³/mol. The van der Waals surface area contributed by atoms with Gasteiger partial charge < -0.3 is 9.30 Å². The molecule has 0 atom stereocenters. The summed E-state index contributed by atoms with van der Waals surface area (Å²) in [5.74, 6) is -0.169. The van der Waals surface area contributed by atoms with E-state index >= 15 is 0 Å². The summed E-state index contributed by atoms with van der Waals surface area (Å²) in [4.78, 5) is 11.6. The molecule has 3 heteroatoms. The number of esters is 1. The molecule has 3 aromatic carbocycles. The normalized spacial score (nSPS) is 11.1. The highest BCUT2D eigenvalue weighted by Gasteiger charge is 2.12. The van der Waals surface area contributed by atoms with Crippen LogP contribution >= 0.6 is 0 Å². The van der Waals surface area contributed by atoms with Crippen molar-refractivity contribution < 1.29 is 9.53 Å². The zero-order valence-corrected chi connectivity index (χ0v) is 18.5. The average Bonchev–Trinajstić information content (AvgIpc) is 3.16. The van der Waals surface area contributed by atoms with Crippen molar-refractivity contribution in [2.45, 2.75) is 39.5 Å². The summed E-state index contributed by atoms with van der Waals surface area (Å²) < 4.78 is 7.11. The van der Waals surface area contributed by atoms with Crippen LogP contribution in [0.4, 0.5) is 0 Å². The standard InChI is InChI=1S/C28H29NO2/c1-20-9-14-25(17-21(20)2)29-19-24(13-10-22-7-5-4-6-8-22)26-18-23(11-15-27(26)29)12-16-28(30)31-3/h4-9,11,14-15,17-19H,10,12-13,16H2,1-3H3. The molecule has 0 spiro atoms. The number of hydrogen-bond donors (Lipinski definition) is 0. The maximum absolute atomic E-state index is 11.6. The Morgan fingerprint density at radius 1 is 0.839 bits per heavy atom. The van der Waals surface area contributed by atoms with Gasteiger partial charge in [0, 0.05) is 23.7 Å². The molecule has 0 aliphatic heterocycles. The molecule has 0 radical (unpaired) electrons. The Hall–Kier alpha value is -3.33. The van der Waals surface area contributed by atoms with Gasteiger partial charge in [-0.05, 0) is 85.2 Å². The van der Waals surface area contributed by atoms with E-state index in [2.05, 4.69) is 91.3 Å². The second kappa shape index (κ2) is 9.22. The van der Waals surface area contributed by atoms with Crippen LogP contribution in [-0.4, -0.2) is 17.6 Å². The van der Waals surface area contributed by atoms with Gasteiger partial charge in [-0.1, -0.05) is 42.5 Å². The molecule has 158 valence electrons. The molecule has 0 saturated carbocycles. The van der Waals surface area contributed by atoms with Crippen molar-refractivity contribution in [1.29, 1.82) is 0 Å². The van der Waals surface area contributed by atoms with Crippen LogP contribution in [0.1, 0.15) is 34.2 Å². The van der Waals surface area contributed by atoms with Crippen LogP contribution in [0.2, 0.25) is 0 Å². The van der Waals surface area contributed by atoms with Gasteiger partial charge >= 0.3 is 5.97 Å². The third-order valence-electron chi connectivity index (χ3n) is 6.09. The van der Waals surface area contributed by atoms with Crippen LogP contribution in [0.25, 0.3) is 16.6 Å². The van der Waals surface area contributed by atoms with Gasteiger partial charge in [-0.25, -0.2) is 0 Å². The van der Waals surface area contributed by atoms with Gasteiger partial charge in [0.15, 0.2) is 0 Å². The maximum atomic E-state index is 11.6. The fraction of sp³-hybridized carbons (Fsp3) is 0.250. The van der Waals surface area contributed by atoms with E-state index in [4.69, 9.17) is 4.74 Å². The van der Waals surface area contributed by atoms with E-state index in [1.165, 1.54) is 46.0 Å². The first-order chi connectivity index (χ1) is 15.0. The summed E-state index contributed by atoms with van der Waals surface area (Å²) in [7, 11) is 1.44. The van der Waals surface area contributed by atoms with Crippen molar-refractivity contribution in [3.05, 3.63) is 101 Å². The lowest BCUT2D eigenvalue weighted by molar-refractivity contribution is -0.140. The van der Waals surface area contributed by atoms with E-state index in [-0.39, 0.29) is 5.97 Å². The highest BCUT2D eigenvalue weighted by molar-refractivity contribution is 5.86. The largest absolute Gasteiger partial charge is 0.469 e. The zero-order valence-electron chi connectivity index (χ0n) is 18.5. The second-order valence-corrected chi connectivity index (χ2v) is 8.21. The van der Waals surface area contributed by atoms with Crippen molar-refractivity contribution in [2.24, 2.45) is 0 Å². The van der Waals surface area contributed by atoms with Crippen molar-refractivity contribution in [1.82, 2.24) is 4.57 Å². The summed E-state index contributed by atoms with van der Waals surface area (Å²) >= 11 is 0. The van der Waals surface area contributed by atoms with E-state index < -0.39 is 0 Å². The van der Waals surface area contributed by atoms with Crippen LogP contribution in [0.5, 0.6) is 0 Å². The lowest BCUT2D eigenvalue weighted by Gasteiger charge is -2.09. The van der Waals surface area contributed by atoms with Crippen molar-refractivity contribution in [3.63, 3.8) is 0 Å². The van der Waals surface area contributed by atoms with E-state index in [0.29, 0.717) is 12.8 Å². The lowest BCUT2D eigenvalue weighted by Crippen LogP contribution is -2.01. The zero-order chi connectivity index (χ0) is 21.8. The topological polar surface area (TPSA) is 31.2 Å². The minimum absolute atomic E-state index is 0.169. The number of fused-ring (bicyclic) bond motifs is 1. The summed E-state index contributed by atoms with van der Waals surface area (Å²) in [6, 6.07) is 23.8. The SMILES string of the molecule is COC(=O)CCc1ccc2c(c1)c(CCc1ccccc1)cn2-c1ccc(C)c(C)c1. The van der Waals surface area contributed by atoms with Gasteiger partial charge in [-0.2, -0.15) is 0 Å². The first kappa shape index (κ1) is 20.9. The van der Waals surface area contributed by atoms with Crippen LogP contribution in [0.15, 0.2) is 72.9 Å². The van der Waals surface area contributed by atoms with E-state index in [0.717, 1.165) is 18.4 Å². The third-order valence-corrected chi connectivity index (χ3v) is 6.09. The molecule has 0 amide bonds. The number of carbonyl (C=O) groups is 1. The Balaban J connectivity index is 1.73. The number of rotatable bonds is 7. The Kier molecular flexibility index (Phi) is 6.22. The molecule has 0 N–H and O–H groups in total. The van der Waals surface area contributed by atoms with Crippen LogP contribution in [0.3, 0.4) is 0 Å². The molecule has 0 saturated heterocycles. The number of benzene rings is 3. The number of aryl methyl sites for hydroxylation is 5. The van der Waals surface area contributed by atoms with Gasteiger partial charge in [0.1, 0.15) is 0 Å². The van der Waals surface area contributed by atoms with Crippen molar-refractivity contribution >= 4 is 16.9 Å². The Bertz CT molecular complexity index is 1200. The highest BCUT2D eigenvalue weighted by atomic mass is 16.5.